The normalized spacial score (nSPS) is 14.9. The highest BCUT2D eigenvalue weighted by Crippen LogP contribution is 2.41. The van der Waals surface area contributed by atoms with Gasteiger partial charge in [0.25, 0.3) is 0 Å². The van der Waals surface area contributed by atoms with Gasteiger partial charge in [0.15, 0.2) is 0 Å². The van der Waals surface area contributed by atoms with Crippen molar-refractivity contribution in [1.82, 2.24) is 0 Å². The van der Waals surface area contributed by atoms with Gasteiger partial charge in [0.05, 0.1) is 18.3 Å². The van der Waals surface area contributed by atoms with E-state index in [2.05, 4.69) is 62.2 Å². The fourth-order valence-corrected chi connectivity index (χ4v) is 3.97. The lowest BCUT2D eigenvalue weighted by Crippen LogP contribution is -2.32. The highest BCUT2D eigenvalue weighted by molar-refractivity contribution is 7.99. The molecule has 0 amide bonds. The predicted molar refractivity (Wildman–Crippen MR) is 112 cm³/mol. The summed E-state index contributed by atoms with van der Waals surface area (Å²) in [6, 6.07) is 14.8. The predicted octanol–water partition coefficient (Wildman–Crippen LogP) is 5.87. The number of hydrogen-bond donors (Lipinski definition) is 1. The van der Waals surface area contributed by atoms with Gasteiger partial charge < -0.3 is 10.1 Å². The molecule has 2 nitrogen and oxygen atoms in total. The molecule has 3 heteroatoms. The number of hydrogen-bond acceptors (Lipinski definition) is 3. The number of para-hydroxylation sites is 1. The minimum atomic E-state index is -0.0773. The van der Waals surface area contributed by atoms with Crippen LogP contribution in [0.2, 0.25) is 0 Å². The Labute approximate surface area is 155 Å². The average Bonchev–Trinajstić information content (AvgIpc) is 2.60. The summed E-state index contributed by atoms with van der Waals surface area (Å²) in [4.78, 5) is 0. The van der Waals surface area contributed by atoms with Crippen molar-refractivity contribution >= 4 is 23.0 Å². The van der Waals surface area contributed by atoms with E-state index in [0.29, 0.717) is 0 Å². The SMILES string of the molecule is C=CCSCC1=CC(C)(C)Nc2c1cccc2-c1cccc(OC)c1. The number of ether oxygens (including phenoxy) is 1. The van der Waals surface area contributed by atoms with Crippen LogP contribution in [0.3, 0.4) is 0 Å². The lowest BCUT2D eigenvalue weighted by molar-refractivity contribution is 0.415. The molecule has 0 bridgehead atoms. The summed E-state index contributed by atoms with van der Waals surface area (Å²) < 4.78 is 5.40. The van der Waals surface area contributed by atoms with Gasteiger partial charge in [-0.25, -0.2) is 0 Å². The highest BCUT2D eigenvalue weighted by atomic mass is 32.2. The lowest BCUT2D eigenvalue weighted by Gasteiger charge is -2.34. The van der Waals surface area contributed by atoms with Crippen LogP contribution in [0.25, 0.3) is 16.7 Å². The fraction of sp³-hybridized carbons (Fsp3) is 0.273. The van der Waals surface area contributed by atoms with Crippen LogP contribution in [-0.2, 0) is 0 Å². The van der Waals surface area contributed by atoms with Crippen LogP contribution >= 0.6 is 11.8 Å². The molecule has 1 N–H and O–H groups in total. The summed E-state index contributed by atoms with van der Waals surface area (Å²) in [7, 11) is 1.71. The molecule has 25 heavy (non-hydrogen) atoms. The zero-order chi connectivity index (χ0) is 17.9. The monoisotopic (exact) mass is 351 g/mol. The van der Waals surface area contributed by atoms with Crippen molar-refractivity contribution in [1.29, 1.82) is 0 Å². The first kappa shape index (κ1) is 17.7. The summed E-state index contributed by atoms with van der Waals surface area (Å²) in [5, 5.41) is 3.71. The van der Waals surface area contributed by atoms with Gasteiger partial charge in [-0.2, -0.15) is 11.8 Å². The van der Waals surface area contributed by atoms with E-state index in [-0.39, 0.29) is 5.54 Å². The molecular weight excluding hydrogens is 326 g/mol. The highest BCUT2D eigenvalue weighted by Gasteiger charge is 2.26. The molecule has 0 fully saturated rings. The average molecular weight is 352 g/mol. The van der Waals surface area contributed by atoms with Crippen molar-refractivity contribution in [3.8, 4) is 16.9 Å². The van der Waals surface area contributed by atoms with E-state index in [0.717, 1.165) is 17.3 Å². The largest absolute Gasteiger partial charge is 0.497 e. The van der Waals surface area contributed by atoms with Crippen LogP contribution < -0.4 is 10.1 Å². The minimum absolute atomic E-state index is 0.0773. The maximum atomic E-state index is 5.40. The molecule has 0 saturated carbocycles. The molecule has 2 aromatic rings. The third-order valence-corrected chi connectivity index (χ3v) is 5.25. The summed E-state index contributed by atoms with van der Waals surface area (Å²) in [6.45, 7) is 8.26. The molecule has 0 aromatic heterocycles. The smallest absolute Gasteiger partial charge is 0.119 e. The van der Waals surface area contributed by atoms with Crippen LogP contribution in [0.4, 0.5) is 5.69 Å². The van der Waals surface area contributed by atoms with Crippen LogP contribution in [0.15, 0.2) is 61.2 Å². The first-order valence-electron chi connectivity index (χ1n) is 8.50. The van der Waals surface area contributed by atoms with Crippen molar-refractivity contribution in [2.75, 3.05) is 23.9 Å². The molecule has 130 valence electrons. The van der Waals surface area contributed by atoms with Gasteiger partial charge in [0, 0.05) is 22.6 Å². The second-order valence-corrected chi connectivity index (χ2v) is 7.81. The molecular formula is C22H25NOS. The van der Waals surface area contributed by atoms with Crippen molar-refractivity contribution in [2.45, 2.75) is 19.4 Å². The number of thioether (sulfide) groups is 1. The molecule has 0 aliphatic carbocycles. The zero-order valence-electron chi connectivity index (χ0n) is 15.1. The van der Waals surface area contributed by atoms with Crippen LogP contribution in [-0.4, -0.2) is 24.2 Å². The van der Waals surface area contributed by atoms with Gasteiger partial charge in [0.2, 0.25) is 0 Å². The molecule has 0 spiro atoms. The van der Waals surface area contributed by atoms with Crippen molar-refractivity contribution in [2.24, 2.45) is 0 Å². The number of methoxy groups -OCH3 is 1. The Morgan fingerprint density at radius 1 is 1.16 bits per heavy atom. The topological polar surface area (TPSA) is 21.3 Å². The summed E-state index contributed by atoms with van der Waals surface area (Å²) in [6.07, 6.45) is 4.31. The number of fused-ring (bicyclic) bond motifs is 1. The summed E-state index contributed by atoms with van der Waals surface area (Å²) >= 11 is 1.90. The maximum Gasteiger partial charge on any atom is 0.119 e. The molecule has 1 heterocycles. The van der Waals surface area contributed by atoms with Gasteiger partial charge in [0.1, 0.15) is 5.75 Å². The molecule has 1 aliphatic rings. The Morgan fingerprint density at radius 3 is 2.68 bits per heavy atom. The Morgan fingerprint density at radius 2 is 1.92 bits per heavy atom. The van der Waals surface area contributed by atoms with E-state index < -0.39 is 0 Å². The van der Waals surface area contributed by atoms with Crippen molar-refractivity contribution in [3.05, 3.63) is 66.8 Å². The van der Waals surface area contributed by atoms with E-state index in [4.69, 9.17) is 4.74 Å². The van der Waals surface area contributed by atoms with E-state index in [1.165, 1.54) is 28.0 Å². The Hall–Kier alpha value is -2.13. The minimum Gasteiger partial charge on any atom is -0.497 e. The standard InChI is InChI=1S/C22H25NOS/c1-5-12-25-15-17-14-22(2,3)23-21-19(10-7-11-20(17)21)16-8-6-9-18(13-16)24-4/h5-11,13-14,23H,1,12,15H2,2-4H3. The molecule has 0 radical (unpaired) electrons. The molecule has 3 rings (SSSR count). The van der Waals surface area contributed by atoms with Crippen LogP contribution in [0, 0.1) is 0 Å². The number of anilines is 1. The van der Waals surface area contributed by atoms with Gasteiger partial charge >= 0.3 is 0 Å². The number of benzene rings is 2. The second kappa shape index (κ2) is 7.40. The quantitative estimate of drug-likeness (QED) is 0.519. The first-order valence-corrected chi connectivity index (χ1v) is 9.66. The Kier molecular flexibility index (Phi) is 5.24. The van der Waals surface area contributed by atoms with E-state index in [9.17, 15) is 0 Å². The van der Waals surface area contributed by atoms with E-state index in [1.807, 2.05) is 30.0 Å². The van der Waals surface area contributed by atoms with Gasteiger partial charge in [-0.1, -0.05) is 42.5 Å². The van der Waals surface area contributed by atoms with Crippen molar-refractivity contribution in [3.63, 3.8) is 0 Å². The molecule has 0 atom stereocenters. The molecule has 2 aromatic carbocycles. The zero-order valence-corrected chi connectivity index (χ0v) is 16.0. The Bertz CT molecular complexity index is 807. The molecule has 0 saturated heterocycles. The van der Waals surface area contributed by atoms with Gasteiger partial charge in [-0.15, -0.1) is 6.58 Å². The maximum absolute atomic E-state index is 5.40. The molecule has 0 unspecified atom stereocenters. The Balaban J connectivity index is 2.06. The first-order chi connectivity index (χ1) is 12.0. The van der Waals surface area contributed by atoms with E-state index in [1.54, 1.807) is 7.11 Å². The lowest BCUT2D eigenvalue weighted by atomic mass is 9.88. The van der Waals surface area contributed by atoms with Crippen LogP contribution in [0.1, 0.15) is 19.4 Å². The third kappa shape index (κ3) is 3.93. The summed E-state index contributed by atoms with van der Waals surface area (Å²) in [5.41, 5.74) is 6.18. The second-order valence-electron chi connectivity index (χ2n) is 6.78. The van der Waals surface area contributed by atoms with Gasteiger partial charge in [-0.05, 0) is 37.1 Å². The van der Waals surface area contributed by atoms with E-state index >= 15 is 0 Å². The van der Waals surface area contributed by atoms with Crippen LogP contribution in [0.5, 0.6) is 5.75 Å². The van der Waals surface area contributed by atoms with Crippen molar-refractivity contribution < 1.29 is 4.74 Å². The summed E-state index contributed by atoms with van der Waals surface area (Å²) in [5.74, 6) is 2.84. The number of rotatable bonds is 6. The third-order valence-electron chi connectivity index (χ3n) is 4.27. The van der Waals surface area contributed by atoms with Gasteiger partial charge in [-0.3, -0.25) is 0 Å². The molecule has 1 aliphatic heterocycles. The number of nitrogens with one attached hydrogen (secondary N) is 1. The fourth-order valence-electron chi connectivity index (χ4n) is 3.23.